The molecule has 3 rings (SSSR count). The molecule has 1 fully saturated rings. The highest BCUT2D eigenvalue weighted by molar-refractivity contribution is 7.16. The standard InChI is InChI=1S/C21H23NO2S/c1-14(2)17(21(23)22-16-9-10-16)13-18(24-3)20-12-11-19(25-20)15-7-5-4-6-8-15/h4-8,11-13,16H,9-10H2,1-3H3,(H,22,23)/b18-13-. The first-order chi connectivity index (χ1) is 12.1. The van der Waals surface area contributed by atoms with E-state index in [4.69, 9.17) is 4.74 Å². The molecule has 0 spiro atoms. The average Bonchev–Trinajstić information content (AvgIpc) is 3.29. The number of methoxy groups -OCH3 is 1. The highest BCUT2D eigenvalue weighted by atomic mass is 32.1. The Morgan fingerprint density at radius 1 is 1.16 bits per heavy atom. The van der Waals surface area contributed by atoms with Crippen LogP contribution in [0, 0.1) is 0 Å². The molecule has 0 unspecified atom stereocenters. The number of hydrogen-bond donors (Lipinski definition) is 1. The summed E-state index contributed by atoms with van der Waals surface area (Å²) >= 11 is 1.66. The lowest BCUT2D eigenvalue weighted by atomic mass is 10.1. The SMILES string of the molecule is CO/C(=C\C(C(=O)NC1CC1)=C(C)C)c1ccc(-c2ccccc2)s1. The van der Waals surface area contributed by atoms with Crippen LogP contribution in [0.1, 0.15) is 31.6 Å². The highest BCUT2D eigenvalue weighted by Gasteiger charge is 2.25. The van der Waals surface area contributed by atoms with E-state index in [0.717, 1.165) is 23.3 Å². The number of carbonyl (C=O) groups is 1. The second-order valence-electron chi connectivity index (χ2n) is 6.40. The Morgan fingerprint density at radius 3 is 2.48 bits per heavy atom. The van der Waals surface area contributed by atoms with Gasteiger partial charge in [0.25, 0.3) is 5.91 Å². The number of allylic oxidation sites excluding steroid dienone is 1. The minimum absolute atomic E-state index is 0.0168. The van der Waals surface area contributed by atoms with Gasteiger partial charge in [-0.1, -0.05) is 35.9 Å². The fraction of sp³-hybridized carbons (Fsp3) is 0.286. The molecule has 1 aromatic heterocycles. The van der Waals surface area contributed by atoms with Gasteiger partial charge in [0.1, 0.15) is 5.76 Å². The first-order valence-electron chi connectivity index (χ1n) is 8.48. The van der Waals surface area contributed by atoms with Crippen molar-refractivity contribution >= 4 is 23.0 Å². The van der Waals surface area contributed by atoms with Gasteiger partial charge in [-0.15, -0.1) is 11.3 Å². The fourth-order valence-corrected chi connectivity index (χ4v) is 3.52. The third-order valence-corrected chi connectivity index (χ3v) is 5.25. The van der Waals surface area contributed by atoms with Crippen molar-refractivity contribution in [2.75, 3.05) is 7.11 Å². The van der Waals surface area contributed by atoms with Crippen LogP contribution in [0.2, 0.25) is 0 Å². The summed E-state index contributed by atoms with van der Waals surface area (Å²) in [5.74, 6) is 0.700. The molecule has 1 N–H and O–H groups in total. The average molecular weight is 353 g/mol. The maximum atomic E-state index is 12.5. The topological polar surface area (TPSA) is 38.3 Å². The van der Waals surface area contributed by atoms with Gasteiger partial charge in [-0.2, -0.15) is 0 Å². The van der Waals surface area contributed by atoms with Gasteiger partial charge in [-0.25, -0.2) is 0 Å². The third kappa shape index (κ3) is 4.40. The molecule has 25 heavy (non-hydrogen) atoms. The number of carbonyl (C=O) groups excluding carboxylic acids is 1. The maximum absolute atomic E-state index is 12.5. The summed E-state index contributed by atoms with van der Waals surface area (Å²) in [6.45, 7) is 3.91. The van der Waals surface area contributed by atoms with Crippen molar-refractivity contribution in [2.45, 2.75) is 32.7 Å². The molecule has 0 radical (unpaired) electrons. The van der Waals surface area contributed by atoms with E-state index in [9.17, 15) is 4.79 Å². The molecule has 0 saturated heterocycles. The lowest BCUT2D eigenvalue weighted by Gasteiger charge is -2.09. The molecule has 3 nitrogen and oxygen atoms in total. The van der Waals surface area contributed by atoms with E-state index in [1.165, 1.54) is 10.4 Å². The van der Waals surface area contributed by atoms with Gasteiger partial charge < -0.3 is 10.1 Å². The van der Waals surface area contributed by atoms with Gasteiger partial charge in [0.2, 0.25) is 0 Å². The number of amides is 1. The molecule has 1 aliphatic carbocycles. The molecule has 1 heterocycles. The lowest BCUT2D eigenvalue weighted by Crippen LogP contribution is -2.27. The van der Waals surface area contributed by atoms with E-state index in [-0.39, 0.29) is 5.91 Å². The third-order valence-electron chi connectivity index (χ3n) is 4.10. The zero-order chi connectivity index (χ0) is 17.8. The van der Waals surface area contributed by atoms with Crippen LogP contribution in [0.3, 0.4) is 0 Å². The molecule has 0 bridgehead atoms. The first kappa shape index (κ1) is 17.5. The van der Waals surface area contributed by atoms with Crippen molar-refractivity contribution in [1.82, 2.24) is 5.32 Å². The molecule has 1 aliphatic rings. The molecule has 1 aromatic carbocycles. The molecule has 0 aliphatic heterocycles. The molecule has 4 heteroatoms. The number of nitrogens with one attached hydrogen (secondary N) is 1. The number of ether oxygens (including phenoxy) is 1. The quantitative estimate of drug-likeness (QED) is 0.450. The first-order valence-corrected chi connectivity index (χ1v) is 9.30. The van der Waals surface area contributed by atoms with Crippen LogP contribution in [0.4, 0.5) is 0 Å². The molecular formula is C21H23NO2S. The fourth-order valence-electron chi connectivity index (χ4n) is 2.52. The zero-order valence-corrected chi connectivity index (χ0v) is 15.7. The monoisotopic (exact) mass is 353 g/mol. The summed E-state index contributed by atoms with van der Waals surface area (Å²) in [5.41, 5.74) is 2.84. The van der Waals surface area contributed by atoms with Crippen LogP contribution < -0.4 is 5.32 Å². The van der Waals surface area contributed by atoms with E-state index in [1.807, 2.05) is 44.2 Å². The van der Waals surface area contributed by atoms with Crippen LogP contribution in [0.25, 0.3) is 16.2 Å². The van der Waals surface area contributed by atoms with Crippen molar-refractivity contribution < 1.29 is 9.53 Å². The van der Waals surface area contributed by atoms with Crippen molar-refractivity contribution in [3.05, 3.63) is 64.6 Å². The Kier molecular flexibility index (Phi) is 5.39. The summed E-state index contributed by atoms with van der Waals surface area (Å²) < 4.78 is 5.59. The summed E-state index contributed by atoms with van der Waals surface area (Å²) in [5, 5.41) is 3.05. The van der Waals surface area contributed by atoms with E-state index in [2.05, 4.69) is 23.5 Å². The Balaban J connectivity index is 1.87. The lowest BCUT2D eigenvalue weighted by molar-refractivity contribution is -0.117. The molecule has 130 valence electrons. The van der Waals surface area contributed by atoms with Gasteiger partial charge >= 0.3 is 0 Å². The summed E-state index contributed by atoms with van der Waals surface area (Å²) in [6.07, 6.45) is 4.01. The molecule has 2 aromatic rings. The summed E-state index contributed by atoms with van der Waals surface area (Å²) in [4.78, 5) is 14.7. The van der Waals surface area contributed by atoms with Gasteiger partial charge in [0.05, 0.1) is 12.0 Å². The van der Waals surface area contributed by atoms with Crippen molar-refractivity contribution in [3.63, 3.8) is 0 Å². The second-order valence-corrected chi connectivity index (χ2v) is 7.49. The number of thiophene rings is 1. The zero-order valence-electron chi connectivity index (χ0n) is 14.8. The maximum Gasteiger partial charge on any atom is 0.251 e. The predicted octanol–water partition coefficient (Wildman–Crippen LogP) is 5.02. The number of benzene rings is 1. The Hall–Kier alpha value is -2.33. The van der Waals surface area contributed by atoms with E-state index >= 15 is 0 Å². The minimum atomic E-state index is -0.0168. The minimum Gasteiger partial charge on any atom is -0.495 e. The summed E-state index contributed by atoms with van der Waals surface area (Å²) in [6, 6.07) is 14.7. The number of hydrogen-bond acceptors (Lipinski definition) is 3. The summed E-state index contributed by atoms with van der Waals surface area (Å²) in [7, 11) is 1.65. The van der Waals surface area contributed by atoms with Gasteiger partial charge in [-0.3, -0.25) is 4.79 Å². The van der Waals surface area contributed by atoms with Crippen LogP contribution in [0.15, 0.2) is 59.7 Å². The molecule has 1 saturated carbocycles. The van der Waals surface area contributed by atoms with Crippen molar-refractivity contribution in [1.29, 1.82) is 0 Å². The largest absolute Gasteiger partial charge is 0.495 e. The molecule has 1 amide bonds. The van der Waals surface area contributed by atoms with Crippen LogP contribution >= 0.6 is 11.3 Å². The Labute approximate surface area is 153 Å². The smallest absolute Gasteiger partial charge is 0.251 e. The number of rotatable bonds is 6. The van der Waals surface area contributed by atoms with Crippen LogP contribution in [-0.4, -0.2) is 19.1 Å². The van der Waals surface area contributed by atoms with E-state index in [0.29, 0.717) is 17.4 Å². The van der Waals surface area contributed by atoms with Crippen LogP contribution in [-0.2, 0) is 9.53 Å². The normalized spacial score (nSPS) is 14.1. The van der Waals surface area contributed by atoms with Gasteiger partial charge in [0.15, 0.2) is 0 Å². The van der Waals surface area contributed by atoms with Gasteiger partial charge in [-0.05, 0) is 50.5 Å². The second kappa shape index (κ2) is 7.70. The highest BCUT2D eigenvalue weighted by Crippen LogP contribution is 2.33. The van der Waals surface area contributed by atoms with Crippen molar-refractivity contribution in [2.24, 2.45) is 0 Å². The Morgan fingerprint density at radius 2 is 1.88 bits per heavy atom. The van der Waals surface area contributed by atoms with E-state index < -0.39 is 0 Å². The van der Waals surface area contributed by atoms with Crippen molar-refractivity contribution in [3.8, 4) is 10.4 Å². The predicted molar refractivity (Wildman–Crippen MR) is 104 cm³/mol. The Bertz CT molecular complexity index is 809. The molecular weight excluding hydrogens is 330 g/mol. The van der Waals surface area contributed by atoms with E-state index in [1.54, 1.807) is 18.4 Å². The van der Waals surface area contributed by atoms with Crippen LogP contribution in [0.5, 0.6) is 0 Å². The molecule has 0 atom stereocenters. The van der Waals surface area contributed by atoms with Gasteiger partial charge in [0, 0.05) is 16.5 Å².